The van der Waals surface area contributed by atoms with Crippen molar-refractivity contribution in [3.8, 4) is 11.5 Å². The number of carbonyl (C=O) groups is 1. The van der Waals surface area contributed by atoms with E-state index in [1.165, 1.54) is 0 Å². The Balaban J connectivity index is 1.57. The Morgan fingerprint density at radius 3 is 2.12 bits per heavy atom. The van der Waals surface area contributed by atoms with Gasteiger partial charge >= 0.3 is 5.97 Å². The number of carbonyl (C=O) groups excluding carboxylic acids is 1. The number of rotatable bonds is 10. The van der Waals surface area contributed by atoms with Crippen LogP contribution in [0.1, 0.15) is 21.6 Å². The Morgan fingerprint density at radius 1 is 0.848 bits per heavy atom. The zero-order valence-electron chi connectivity index (χ0n) is 18.9. The monoisotopic (exact) mass is 444 g/mol. The van der Waals surface area contributed by atoms with Crippen molar-refractivity contribution in [1.29, 1.82) is 0 Å². The van der Waals surface area contributed by atoms with Crippen LogP contribution in [0.4, 0.5) is 0 Å². The summed E-state index contributed by atoms with van der Waals surface area (Å²) in [5.74, 6) is 0.903. The SMILES string of the molecule is CN(C)CCOC(=O)c1cc2c(OCc3ccccc3)cc(OCc3ccccc3)cc2[nH]1. The average molecular weight is 445 g/mol. The van der Waals surface area contributed by atoms with E-state index in [0.29, 0.717) is 43.6 Å². The molecule has 0 radical (unpaired) electrons. The van der Waals surface area contributed by atoms with Gasteiger partial charge in [-0.2, -0.15) is 0 Å². The molecule has 0 amide bonds. The summed E-state index contributed by atoms with van der Waals surface area (Å²) in [5, 5.41) is 0.803. The van der Waals surface area contributed by atoms with Crippen LogP contribution in [0.5, 0.6) is 11.5 Å². The molecule has 0 saturated carbocycles. The van der Waals surface area contributed by atoms with Crippen molar-refractivity contribution in [2.45, 2.75) is 13.2 Å². The van der Waals surface area contributed by atoms with Crippen LogP contribution >= 0.6 is 0 Å². The maximum atomic E-state index is 12.5. The molecule has 1 aromatic heterocycles. The molecule has 0 atom stereocenters. The van der Waals surface area contributed by atoms with E-state index in [9.17, 15) is 4.79 Å². The number of likely N-dealkylation sites (N-methyl/N-ethyl adjacent to an activating group) is 1. The summed E-state index contributed by atoms with van der Waals surface area (Å²) < 4.78 is 17.6. The van der Waals surface area contributed by atoms with Crippen molar-refractivity contribution in [1.82, 2.24) is 9.88 Å². The van der Waals surface area contributed by atoms with Crippen LogP contribution < -0.4 is 9.47 Å². The molecular formula is C27H28N2O4. The number of aromatic amines is 1. The predicted octanol–water partition coefficient (Wildman–Crippen LogP) is 5.04. The molecule has 0 saturated heterocycles. The minimum Gasteiger partial charge on any atom is -0.489 e. The number of nitrogens with zero attached hydrogens (tertiary/aromatic N) is 1. The third-order valence-electron chi connectivity index (χ3n) is 5.15. The molecule has 0 aliphatic carbocycles. The van der Waals surface area contributed by atoms with Crippen LogP contribution in [0.15, 0.2) is 78.9 Å². The maximum absolute atomic E-state index is 12.5. The van der Waals surface area contributed by atoms with E-state index in [1.54, 1.807) is 6.07 Å². The van der Waals surface area contributed by atoms with Crippen molar-refractivity contribution in [2.75, 3.05) is 27.2 Å². The highest BCUT2D eigenvalue weighted by molar-refractivity contribution is 5.97. The summed E-state index contributed by atoms with van der Waals surface area (Å²) in [4.78, 5) is 17.7. The first-order valence-corrected chi connectivity index (χ1v) is 10.9. The quantitative estimate of drug-likeness (QED) is 0.347. The molecule has 4 rings (SSSR count). The van der Waals surface area contributed by atoms with Crippen LogP contribution in [0.2, 0.25) is 0 Å². The predicted molar refractivity (Wildman–Crippen MR) is 129 cm³/mol. The van der Waals surface area contributed by atoms with Crippen molar-refractivity contribution in [2.24, 2.45) is 0 Å². The third kappa shape index (κ3) is 6.14. The average Bonchev–Trinajstić information content (AvgIpc) is 3.27. The second-order valence-electron chi connectivity index (χ2n) is 8.05. The lowest BCUT2D eigenvalue weighted by molar-refractivity contribution is 0.0476. The van der Waals surface area contributed by atoms with Crippen molar-refractivity contribution < 1.29 is 19.0 Å². The van der Waals surface area contributed by atoms with Crippen LogP contribution in [-0.4, -0.2) is 43.1 Å². The Morgan fingerprint density at radius 2 is 1.48 bits per heavy atom. The highest BCUT2D eigenvalue weighted by Gasteiger charge is 2.16. The fourth-order valence-corrected chi connectivity index (χ4v) is 3.37. The summed E-state index contributed by atoms with van der Waals surface area (Å²) in [7, 11) is 3.87. The first-order chi connectivity index (χ1) is 16.1. The second kappa shape index (κ2) is 10.7. The fraction of sp³-hybridized carbons (Fsp3) is 0.222. The number of hydrogen-bond acceptors (Lipinski definition) is 5. The molecule has 0 spiro atoms. The minimum absolute atomic E-state index is 0.323. The number of nitrogens with one attached hydrogen (secondary N) is 1. The van der Waals surface area contributed by atoms with Crippen LogP contribution in [0, 0.1) is 0 Å². The summed E-state index contributed by atoms with van der Waals surface area (Å²) in [5.41, 5.74) is 3.26. The number of ether oxygens (including phenoxy) is 3. The van der Waals surface area contributed by atoms with Gasteiger partial charge in [0.25, 0.3) is 0 Å². The molecule has 1 heterocycles. The molecule has 0 fully saturated rings. The molecule has 33 heavy (non-hydrogen) atoms. The van der Waals surface area contributed by atoms with Gasteiger partial charge < -0.3 is 24.1 Å². The van der Waals surface area contributed by atoms with Gasteiger partial charge in [-0.3, -0.25) is 0 Å². The van der Waals surface area contributed by atoms with E-state index >= 15 is 0 Å². The molecule has 170 valence electrons. The van der Waals surface area contributed by atoms with Crippen LogP contribution in [-0.2, 0) is 18.0 Å². The molecule has 3 aromatic carbocycles. The lowest BCUT2D eigenvalue weighted by Gasteiger charge is -2.11. The molecule has 1 N–H and O–H groups in total. The van der Waals surface area contributed by atoms with Gasteiger partial charge in [0.15, 0.2) is 0 Å². The minimum atomic E-state index is -0.395. The van der Waals surface area contributed by atoms with E-state index in [4.69, 9.17) is 14.2 Å². The molecular weight excluding hydrogens is 416 g/mol. The van der Waals surface area contributed by atoms with E-state index in [0.717, 1.165) is 22.0 Å². The Bertz CT molecular complexity index is 1190. The summed E-state index contributed by atoms with van der Waals surface area (Å²) in [6.45, 7) is 1.83. The van der Waals surface area contributed by atoms with Crippen molar-refractivity contribution in [3.05, 3.63) is 95.7 Å². The van der Waals surface area contributed by atoms with Gasteiger partial charge in [-0.15, -0.1) is 0 Å². The van der Waals surface area contributed by atoms with E-state index < -0.39 is 5.97 Å². The number of H-pyrrole nitrogens is 1. The van der Waals surface area contributed by atoms with Gasteiger partial charge in [0.05, 0.1) is 5.52 Å². The third-order valence-corrected chi connectivity index (χ3v) is 5.15. The lowest BCUT2D eigenvalue weighted by Crippen LogP contribution is -2.20. The first-order valence-electron chi connectivity index (χ1n) is 10.9. The number of fused-ring (bicyclic) bond motifs is 1. The Labute approximate surface area is 193 Å². The lowest BCUT2D eigenvalue weighted by atomic mass is 10.2. The highest BCUT2D eigenvalue weighted by Crippen LogP contribution is 2.33. The normalized spacial score (nSPS) is 11.0. The smallest absolute Gasteiger partial charge is 0.354 e. The van der Waals surface area contributed by atoms with E-state index in [1.807, 2.05) is 91.8 Å². The van der Waals surface area contributed by atoms with Crippen LogP contribution in [0.25, 0.3) is 10.9 Å². The molecule has 0 unspecified atom stereocenters. The molecule has 0 aliphatic heterocycles. The van der Waals surface area contributed by atoms with Gasteiger partial charge in [0.1, 0.15) is 37.0 Å². The zero-order valence-corrected chi connectivity index (χ0v) is 18.9. The number of esters is 1. The van der Waals surface area contributed by atoms with Gasteiger partial charge in [-0.1, -0.05) is 60.7 Å². The summed E-state index contributed by atoms with van der Waals surface area (Å²) in [6.07, 6.45) is 0. The van der Waals surface area contributed by atoms with Gasteiger partial charge in [-0.05, 0) is 31.3 Å². The number of benzene rings is 3. The molecule has 4 aromatic rings. The first kappa shape index (κ1) is 22.4. The fourth-order valence-electron chi connectivity index (χ4n) is 3.37. The molecule has 6 heteroatoms. The zero-order chi connectivity index (χ0) is 23.0. The Kier molecular flexibility index (Phi) is 7.27. The second-order valence-corrected chi connectivity index (χ2v) is 8.05. The van der Waals surface area contributed by atoms with Crippen molar-refractivity contribution >= 4 is 16.9 Å². The number of aromatic nitrogens is 1. The van der Waals surface area contributed by atoms with Gasteiger partial charge in [0, 0.05) is 24.1 Å². The van der Waals surface area contributed by atoms with E-state index in [2.05, 4.69) is 4.98 Å². The topological polar surface area (TPSA) is 63.8 Å². The highest BCUT2D eigenvalue weighted by atomic mass is 16.5. The summed E-state index contributed by atoms with van der Waals surface area (Å²) in [6, 6.07) is 25.4. The van der Waals surface area contributed by atoms with Crippen molar-refractivity contribution in [3.63, 3.8) is 0 Å². The molecule has 0 bridgehead atoms. The largest absolute Gasteiger partial charge is 0.489 e. The standard InChI is InChI=1S/C27H28N2O4/c1-29(2)13-14-31-27(30)25-17-23-24(28-25)15-22(32-18-20-9-5-3-6-10-20)16-26(23)33-19-21-11-7-4-8-12-21/h3-12,15-17,28H,13-14,18-19H2,1-2H3. The molecule has 6 nitrogen and oxygen atoms in total. The molecule has 0 aliphatic rings. The van der Waals surface area contributed by atoms with Gasteiger partial charge in [-0.25, -0.2) is 4.79 Å². The Hall–Kier alpha value is -3.77. The van der Waals surface area contributed by atoms with E-state index in [-0.39, 0.29) is 0 Å². The number of hydrogen-bond donors (Lipinski definition) is 1. The van der Waals surface area contributed by atoms with Gasteiger partial charge in [0.2, 0.25) is 0 Å². The summed E-state index contributed by atoms with van der Waals surface area (Å²) >= 11 is 0. The van der Waals surface area contributed by atoms with Crippen LogP contribution in [0.3, 0.4) is 0 Å². The maximum Gasteiger partial charge on any atom is 0.354 e.